The van der Waals surface area contributed by atoms with Crippen LogP contribution in [0.15, 0.2) is 106 Å². The van der Waals surface area contributed by atoms with E-state index in [1.165, 1.54) is 37.0 Å². The van der Waals surface area contributed by atoms with E-state index >= 15 is 0 Å². The van der Waals surface area contributed by atoms with Gasteiger partial charge in [-0.3, -0.25) is 14.5 Å². The largest absolute Gasteiger partial charge is 0.492 e. The van der Waals surface area contributed by atoms with Crippen LogP contribution in [0.25, 0.3) is 0 Å². The molecular formula is C33H29N5O8S2. The molecule has 4 heterocycles. The van der Waals surface area contributed by atoms with Crippen molar-refractivity contribution in [3.8, 4) is 0 Å². The fourth-order valence-electron chi connectivity index (χ4n) is 5.40. The molecule has 3 aliphatic rings. The molecule has 0 bridgehead atoms. The lowest BCUT2D eigenvalue weighted by molar-refractivity contribution is -0.154. The van der Waals surface area contributed by atoms with Gasteiger partial charge in [0.25, 0.3) is 11.8 Å². The Bertz CT molecular complexity index is 1860. The number of amides is 2. The summed E-state index contributed by atoms with van der Waals surface area (Å²) in [6, 6.07) is 17.4. The van der Waals surface area contributed by atoms with Crippen LogP contribution in [0.5, 0.6) is 0 Å². The molecule has 15 heteroatoms. The van der Waals surface area contributed by atoms with E-state index in [0.717, 1.165) is 22.5 Å². The zero-order chi connectivity index (χ0) is 33.9. The number of β-lactam (4-membered cyclic amide) rings is 1. The van der Waals surface area contributed by atoms with Crippen LogP contribution in [0, 0.1) is 0 Å². The number of carbonyl (C=O) groups excluding carboxylic acids is 4. The maximum absolute atomic E-state index is 14.3. The molecule has 0 saturated carbocycles. The standard InChI is InChI=1S/C33H29N5O8S2/c1-17-26(43-2)22(45-31(17)41)14-20-15-47-30-24(36-28(39)23(37-44-3)21-16-48-33(34)35-21)29(40)38(30)25(20)32(42)46-27(18-10-6-4-7-11-18)19-12-8-5-9-13-19/h4-14,16,24,27,30H,15H2,1-3H3,(H2,34,35)(H,36,39)/b22-14-,37-23-/t24-,30-/m1/s1. The Kier molecular flexibility index (Phi) is 9.32. The lowest BCUT2D eigenvalue weighted by Gasteiger charge is -2.49. The Morgan fingerprint density at radius 1 is 1.10 bits per heavy atom. The molecule has 3 aliphatic heterocycles. The molecule has 3 aromatic rings. The van der Waals surface area contributed by atoms with Gasteiger partial charge >= 0.3 is 11.9 Å². The number of esters is 2. The van der Waals surface area contributed by atoms with Gasteiger partial charge in [-0.1, -0.05) is 65.8 Å². The molecule has 6 rings (SSSR count). The molecule has 0 spiro atoms. The van der Waals surface area contributed by atoms with Gasteiger partial charge in [-0.25, -0.2) is 14.6 Å². The Balaban J connectivity index is 1.35. The molecule has 0 unspecified atom stereocenters. The number of cyclic esters (lactones) is 1. The second-order valence-electron chi connectivity index (χ2n) is 10.6. The van der Waals surface area contributed by atoms with E-state index in [-0.39, 0.29) is 45.1 Å². The quantitative estimate of drug-likeness (QED) is 0.139. The van der Waals surface area contributed by atoms with Gasteiger partial charge in [0.15, 0.2) is 28.5 Å². The minimum absolute atomic E-state index is 0.0484. The topological polar surface area (TPSA) is 172 Å². The molecule has 0 aliphatic carbocycles. The highest BCUT2D eigenvalue weighted by molar-refractivity contribution is 8.00. The number of methoxy groups -OCH3 is 1. The van der Waals surface area contributed by atoms with E-state index in [1.807, 2.05) is 60.7 Å². The number of nitrogens with zero attached hydrogens (tertiary/aromatic N) is 3. The predicted molar refractivity (Wildman–Crippen MR) is 177 cm³/mol. The lowest BCUT2D eigenvalue weighted by Crippen LogP contribution is -2.71. The Morgan fingerprint density at radius 2 is 1.77 bits per heavy atom. The number of nitrogen functional groups attached to an aromatic ring is 1. The Morgan fingerprint density at radius 3 is 2.35 bits per heavy atom. The first-order valence-corrected chi connectivity index (χ1v) is 16.5. The van der Waals surface area contributed by atoms with Crippen LogP contribution in [0.4, 0.5) is 5.13 Å². The van der Waals surface area contributed by atoms with E-state index in [9.17, 15) is 19.2 Å². The van der Waals surface area contributed by atoms with E-state index < -0.39 is 41.3 Å². The van der Waals surface area contributed by atoms with Gasteiger partial charge < -0.3 is 30.1 Å². The second-order valence-corrected chi connectivity index (χ2v) is 12.6. The Hall–Kier alpha value is -5.41. The van der Waals surface area contributed by atoms with Gasteiger partial charge in [0.05, 0.1) is 12.7 Å². The zero-order valence-electron chi connectivity index (χ0n) is 25.9. The summed E-state index contributed by atoms with van der Waals surface area (Å²) in [6.07, 6.45) is 0.697. The summed E-state index contributed by atoms with van der Waals surface area (Å²) in [5, 5.41) is 7.59. The lowest BCUT2D eigenvalue weighted by atomic mass is 10.00. The molecule has 1 fully saturated rings. The molecule has 1 aromatic heterocycles. The van der Waals surface area contributed by atoms with E-state index in [2.05, 4.69) is 15.5 Å². The monoisotopic (exact) mass is 687 g/mol. The number of benzene rings is 2. The number of fused-ring (bicyclic) bond motifs is 1. The third-order valence-electron chi connectivity index (χ3n) is 7.65. The van der Waals surface area contributed by atoms with Crippen LogP contribution in [0.1, 0.15) is 29.8 Å². The van der Waals surface area contributed by atoms with Crippen LogP contribution in [0.2, 0.25) is 0 Å². The first-order chi connectivity index (χ1) is 23.2. The number of allylic oxidation sites excluding steroid dienone is 1. The summed E-state index contributed by atoms with van der Waals surface area (Å²) in [5.41, 5.74) is 7.79. The number of thiazole rings is 1. The summed E-state index contributed by atoms with van der Waals surface area (Å²) >= 11 is 2.42. The first-order valence-electron chi connectivity index (χ1n) is 14.5. The van der Waals surface area contributed by atoms with E-state index in [0.29, 0.717) is 5.57 Å². The fraction of sp³-hybridized carbons (Fsp3) is 0.212. The number of nitrogens with one attached hydrogen (secondary N) is 1. The molecule has 1 saturated heterocycles. The van der Waals surface area contributed by atoms with Crippen LogP contribution in [0.3, 0.4) is 0 Å². The number of nitrogens with two attached hydrogens (primary N) is 1. The summed E-state index contributed by atoms with van der Waals surface area (Å²) < 4.78 is 17.0. The average Bonchev–Trinajstić information content (AvgIpc) is 3.65. The number of anilines is 1. The number of rotatable bonds is 10. The zero-order valence-corrected chi connectivity index (χ0v) is 27.5. The predicted octanol–water partition coefficient (Wildman–Crippen LogP) is 3.42. The van der Waals surface area contributed by atoms with Gasteiger partial charge in [0.1, 0.15) is 29.9 Å². The van der Waals surface area contributed by atoms with Crippen molar-refractivity contribution in [1.82, 2.24) is 15.2 Å². The van der Waals surface area contributed by atoms with Crippen molar-refractivity contribution in [3.63, 3.8) is 0 Å². The summed E-state index contributed by atoms with van der Waals surface area (Å²) in [6.45, 7) is 1.56. The van der Waals surface area contributed by atoms with E-state index in [4.69, 9.17) is 24.8 Å². The normalized spacial score (nSPS) is 20.0. The van der Waals surface area contributed by atoms with Gasteiger partial charge in [-0.2, -0.15) is 0 Å². The van der Waals surface area contributed by atoms with Crippen molar-refractivity contribution in [2.45, 2.75) is 24.4 Å². The highest BCUT2D eigenvalue weighted by Gasteiger charge is 2.55. The number of oxime groups is 1. The summed E-state index contributed by atoms with van der Waals surface area (Å²) in [4.78, 5) is 64.0. The van der Waals surface area contributed by atoms with Gasteiger partial charge in [0.2, 0.25) is 0 Å². The second kappa shape index (κ2) is 13.8. The number of aromatic nitrogens is 1. The van der Waals surface area contributed by atoms with Gasteiger partial charge in [-0.05, 0) is 29.7 Å². The molecule has 13 nitrogen and oxygen atoms in total. The highest BCUT2D eigenvalue weighted by atomic mass is 32.2. The third kappa shape index (κ3) is 6.16. The van der Waals surface area contributed by atoms with Crippen molar-refractivity contribution in [2.24, 2.45) is 5.16 Å². The van der Waals surface area contributed by atoms with Crippen LogP contribution < -0.4 is 11.1 Å². The van der Waals surface area contributed by atoms with Gasteiger partial charge in [-0.15, -0.1) is 23.1 Å². The van der Waals surface area contributed by atoms with Crippen molar-refractivity contribution < 1.29 is 38.2 Å². The van der Waals surface area contributed by atoms with Gasteiger partial charge in [0, 0.05) is 11.1 Å². The molecule has 2 aromatic carbocycles. The minimum atomic E-state index is -1.02. The highest BCUT2D eigenvalue weighted by Crippen LogP contribution is 2.43. The van der Waals surface area contributed by atoms with Crippen molar-refractivity contribution >= 4 is 57.7 Å². The molecule has 2 atom stereocenters. The number of hydrogen-bond acceptors (Lipinski definition) is 13. The number of thioether (sulfide) groups is 1. The summed E-state index contributed by atoms with van der Waals surface area (Å²) in [7, 11) is 2.68. The molecule has 2 amide bonds. The Labute approximate surface area is 283 Å². The number of carbonyl (C=O) groups is 4. The maximum Gasteiger partial charge on any atom is 0.356 e. The molecule has 48 heavy (non-hydrogen) atoms. The number of ether oxygens (including phenoxy) is 3. The maximum atomic E-state index is 14.3. The first kappa shape index (κ1) is 32.5. The summed E-state index contributed by atoms with van der Waals surface area (Å²) in [5.74, 6) is -2.13. The smallest absolute Gasteiger partial charge is 0.356 e. The molecular weight excluding hydrogens is 659 g/mol. The molecule has 3 N–H and O–H groups in total. The molecule has 246 valence electrons. The minimum Gasteiger partial charge on any atom is -0.492 e. The third-order valence-corrected chi connectivity index (χ3v) is 9.63. The number of hydrogen-bond donors (Lipinski definition) is 2. The SMILES string of the molecule is CO/N=C(\C(=O)N[C@@H]1C(=O)N2C(C(=O)OC(c3ccccc3)c3ccccc3)=C(/C=C3\OC(=O)C(C)=C3OC)CS[C@H]12)c1csc(N)n1. The van der Waals surface area contributed by atoms with Crippen LogP contribution in [-0.2, 0) is 38.2 Å². The van der Waals surface area contributed by atoms with Crippen LogP contribution in [-0.4, -0.2) is 70.7 Å². The molecule has 0 radical (unpaired) electrons. The van der Waals surface area contributed by atoms with Crippen molar-refractivity contribution in [3.05, 3.63) is 117 Å². The average molecular weight is 688 g/mol. The van der Waals surface area contributed by atoms with Crippen molar-refractivity contribution in [2.75, 3.05) is 25.7 Å². The fourth-order valence-corrected chi connectivity index (χ4v) is 7.25. The van der Waals surface area contributed by atoms with Crippen LogP contribution >= 0.6 is 23.1 Å². The van der Waals surface area contributed by atoms with E-state index in [1.54, 1.807) is 12.3 Å². The van der Waals surface area contributed by atoms with Crippen molar-refractivity contribution in [1.29, 1.82) is 0 Å².